The number of hydrogen-bond acceptors (Lipinski definition) is 2. The zero-order valence-corrected chi connectivity index (χ0v) is 12.1. The maximum absolute atomic E-state index is 12.0. The number of fused-ring (bicyclic) bond motifs is 1. The highest BCUT2D eigenvalue weighted by Crippen LogP contribution is 2.32. The topological polar surface area (TPSA) is 44.4 Å². The number of anilines is 2. The predicted octanol–water partition coefficient (Wildman–Crippen LogP) is 3.00. The van der Waals surface area contributed by atoms with Crippen LogP contribution in [0.1, 0.15) is 11.1 Å². The first-order valence-corrected chi connectivity index (χ1v) is 7.16. The van der Waals surface area contributed by atoms with Gasteiger partial charge in [0, 0.05) is 37.1 Å². The second-order valence-corrected chi connectivity index (χ2v) is 5.27. The van der Waals surface area contributed by atoms with Gasteiger partial charge in [-0.3, -0.25) is 0 Å². The highest BCUT2D eigenvalue weighted by Gasteiger charge is 2.19. The molecule has 2 aromatic rings. The van der Waals surface area contributed by atoms with Crippen molar-refractivity contribution < 1.29 is 4.79 Å². The number of amides is 2. The average molecular weight is 281 g/mol. The highest BCUT2D eigenvalue weighted by molar-refractivity contribution is 5.91. The van der Waals surface area contributed by atoms with Gasteiger partial charge in [-0.15, -0.1) is 0 Å². The minimum Gasteiger partial charge on any atom is -0.374 e. The Labute approximate surface area is 124 Å². The molecule has 0 unspecified atom stereocenters. The molecule has 0 saturated carbocycles. The lowest BCUT2D eigenvalue weighted by Crippen LogP contribution is -2.28. The molecule has 3 rings (SSSR count). The molecule has 0 radical (unpaired) electrons. The molecule has 21 heavy (non-hydrogen) atoms. The summed E-state index contributed by atoms with van der Waals surface area (Å²) < 4.78 is 0. The molecule has 2 amide bonds. The number of rotatable bonds is 3. The van der Waals surface area contributed by atoms with Gasteiger partial charge in [-0.05, 0) is 24.1 Å². The van der Waals surface area contributed by atoms with Gasteiger partial charge in [-0.25, -0.2) is 4.79 Å². The van der Waals surface area contributed by atoms with E-state index in [-0.39, 0.29) is 6.03 Å². The second-order valence-electron chi connectivity index (χ2n) is 5.27. The molecule has 2 N–H and O–H groups in total. The van der Waals surface area contributed by atoms with E-state index in [1.807, 2.05) is 42.5 Å². The first-order valence-electron chi connectivity index (χ1n) is 7.16. The summed E-state index contributed by atoms with van der Waals surface area (Å²) in [6.07, 6.45) is 0.973. The zero-order chi connectivity index (χ0) is 14.7. The van der Waals surface area contributed by atoms with Gasteiger partial charge in [0.25, 0.3) is 0 Å². The van der Waals surface area contributed by atoms with Gasteiger partial charge in [0.1, 0.15) is 0 Å². The average Bonchev–Trinajstić information content (AvgIpc) is 2.89. The number of urea groups is 1. The van der Waals surface area contributed by atoms with Crippen LogP contribution in [0.2, 0.25) is 0 Å². The number of carbonyl (C=O) groups excluding carboxylic acids is 1. The number of nitrogens with zero attached hydrogens (tertiary/aromatic N) is 1. The molecule has 0 aromatic heterocycles. The molecule has 0 spiro atoms. The number of nitrogens with one attached hydrogen (secondary N) is 2. The van der Waals surface area contributed by atoms with E-state index in [9.17, 15) is 4.79 Å². The van der Waals surface area contributed by atoms with E-state index in [2.05, 4.69) is 28.6 Å². The maximum atomic E-state index is 12.0. The van der Waals surface area contributed by atoms with E-state index in [1.54, 1.807) is 0 Å². The van der Waals surface area contributed by atoms with Gasteiger partial charge in [0.2, 0.25) is 0 Å². The summed E-state index contributed by atoms with van der Waals surface area (Å²) in [6, 6.07) is 15.8. The normalized spacial score (nSPS) is 12.9. The van der Waals surface area contributed by atoms with E-state index >= 15 is 0 Å². The van der Waals surface area contributed by atoms with Crippen LogP contribution in [-0.2, 0) is 13.0 Å². The van der Waals surface area contributed by atoms with Crippen molar-refractivity contribution in [1.82, 2.24) is 5.32 Å². The Hall–Kier alpha value is -2.49. The van der Waals surface area contributed by atoms with Crippen molar-refractivity contribution in [3.63, 3.8) is 0 Å². The Morgan fingerprint density at radius 2 is 1.95 bits per heavy atom. The van der Waals surface area contributed by atoms with Crippen molar-refractivity contribution in [2.45, 2.75) is 13.0 Å². The summed E-state index contributed by atoms with van der Waals surface area (Å²) in [4.78, 5) is 14.2. The molecule has 0 bridgehead atoms. The van der Waals surface area contributed by atoms with Crippen LogP contribution < -0.4 is 15.5 Å². The fourth-order valence-electron chi connectivity index (χ4n) is 2.66. The third kappa shape index (κ3) is 2.99. The molecular weight excluding hydrogens is 262 g/mol. The lowest BCUT2D eigenvalue weighted by molar-refractivity contribution is 0.251. The Kier molecular flexibility index (Phi) is 3.77. The molecule has 1 aliphatic rings. The molecule has 1 aliphatic heterocycles. The van der Waals surface area contributed by atoms with Crippen molar-refractivity contribution in [3.8, 4) is 0 Å². The third-order valence-electron chi connectivity index (χ3n) is 3.80. The number of likely N-dealkylation sites (N-methyl/N-ethyl adjacent to an activating group) is 1. The van der Waals surface area contributed by atoms with Gasteiger partial charge in [-0.1, -0.05) is 36.4 Å². The molecule has 108 valence electrons. The molecule has 4 nitrogen and oxygen atoms in total. The van der Waals surface area contributed by atoms with Crippen LogP contribution in [-0.4, -0.2) is 19.6 Å². The molecule has 1 heterocycles. The number of hydrogen-bond donors (Lipinski definition) is 2. The summed E-state index contributed by atoms with van der Waals surface area (Å²) in [5, 5.41) is 5.84. The monoisotopic (exact) mass is 281 g/mol. The van der Waals surface area contributed by atoms with Crippen molar-refractivity contribution in [2.75, 3.05) is 23.8 Å². The van der Waals surface area contributed by atoms with Crippen LogP contribution in [0.25, 0.3) is 0 Å². The lowest BCUT2D eigenvalue weighted by Gasteiger charge is -2.14. The summed E-state index contributed by atoms with van der Waals surface area (Å²) in [6.45, 7) is 1.53. The van der Waals surface area contributed by atoms with E-state index in [0.29, 0.717) is 6.54 Å². The van der Waals surface area contributed by atoms with Crippen molar-refractivity contribution in [2.24, 2.45) is 0 Å². The summed E-state index contributed by atoms with van der Waals surface area (Å²) >= 11 is 0. The van der Waals surface area contributed by atoms with Crippen LogP contribution in [0.5, 0.6) is 0 Å². The Bertz CT molecular complexity index is 640. The molecule has 0 saturated heterocycles. The van der Waals surface area contributed by atoms with Crippen LogP contribution in [0.15, 0.2) is 48.5 Å². The summed E-state index contributed by atoms with van der Waals surface area (Å²) in [5.41, 5.74) is 4.42. The first-order chi connectivity index (χ1) is 10.2. The summed E-state index contributed by atoms with van der Waals surface area (Å²) in [7, 11) is 2.07. The Balaban J connectivity index is 1.63. The minimum absolute atomic E-state index is 0.165. The standard InChI is InChI=1S/C17H19N3O/c1-20-11-10-14-15(8-5-9-16(14)20)19-17(21)18-12-13-6-3-2-4-7-13/h2-9H,10-12H2,1H3,(H2,18,19,21). The summed E-state index contributed by atoms with van der Waals surface area (Å²) in [5.74, 6) is 0. The fourth-order valence-corrected chi connectivity index (χ4v) is 2.66. The van der Waals surface area contributed by atoms with Crippen LogP contribution in [0.4, 0.5) is 16.2 Å². The predicted molar refractivity (Wildman–Crippen MR) is 85.7 cm³/mol. The zero-order valence-electron chi connectivity index (χ0n) is 12.1. The van der Waals surface area contributed by atoms with E-state index in [0.717, 1.165) is 24.2 Å². The Morgan fingerprint density at radius 1 is 1.14 bits per heavy atom. The van der Waals surface area contributed by atoms with Crippen molar-refractivity contribution in [3.05, 3.63) is 59.7 Å². The quantitative estimate of drug-likeness (QED) is 0.908. The van der Waals surface area contributed by atoms with Crippen molar-refractivity contribution >= 4 is 17.4 Å². The van der Waals surface area contributed by atoms with E-state index < -0.39 is 0 Å². The smallest absolute Gasteiger partial charge is 0.319 e. The number of carbonyl (C=O) groups is 1. The molecule has 0 aliphatic carbocycles. The Morgan fingerprint density at radius 3 is 2.76 bits per heavy atom. The number of benzene rings is 2. The first kappa shape index (κ1) is 13.5. The van der Waals surface area contributed by atoms with Crippen LogP contribution in [0.3, 0.4) is 0 Å². The lowest BCUT2D eigenvalue weighted by atomic mass is 10.1. The largest absolute Gasteiger partial charge is 0.374 e. The van der Waals surface area contributed by atoms with Crippen LogP contribution >= 0.6 is 0 Å². The van der Waals surface area contributed by atoms with Gasteiger partial charge in [0.15, 0.2) is 0 Å². The fraction of sp³-hybridized carbons (Fsp3) is 0.235. The minimum atomic E-state index is -0.165. The van der Waals surface area contributed by atoms with E-state index in [4.69, 9.17) is 0 Å². The van der Waals surface area contributed by atoms with Crippen molar-refractivity contribution in [1.29, 1.82) is 0 Å². The molecule has 0 fully saturated rings. The molecule has 4 heteroatoms. The molecular formula is C17H19N3O. The van der Waals surface area contributed by atoms with Gasteiger partial charge >= 0.3 is 6.03 Å². The van der Waals surface area contributed by atoms with Gasteiger partial charge in [0.05, 0.1) is 0 Å². The molecule has 2 aromatic carbocycles. The van der Waals surface area contributed by atoms with E-state index in [1.165, 1.54) is 11.3 Å². The van der Waals surface area contributed by atoms with Crippen LogP contribution in [0, 0.1) is 0 Å². The third-order valence-corrected chi connectivity index (χ3v) is 3.80. The maximum Gasteiger partial charge on any atom is 0.319 e. The molecule has 0 atom stereocenters. The second kappa shape index (κ2) is 5.87. The highest BCUT2D eigenvalue weighted by atomic mass is 16.2. The van der Waals surface area contributed by atoms with Gasteiger partial charge in [-0.2, -0.15) is 0 Å². The SMILES string of the molecule is CN1CCc2c(NC(=O)NCc3ccccc3)cccc21. The van der Waals surface area contributed by atoms with Gasteiger partial charge < -0.3 is 15.5 Å².